The molecule has 0 spiro atoms. The highest BCUT2D eigenvalue weighted by Crippen LogP contribution is 2.43. The number of nitrogens with zero attached hydrogens (tertiary/aromatic N) is 5. The van der Waals surface area contributed by atoms with Crippen LogP contribution in [-0.2, 0) is 22.7 Å². The van der Waals surface area contributed by atoms with Gasteiger partial charge in [0.15, 0.2) is 0 Å². The molecule has 5 rings (SSSR count). The predicted octanol–water partition coefficient (Wildman–Crippen LogP) is 4.56. The van der Waals surface area contributed by atoms with Crippen LogP contribution >= 0.6 is 24.8 Å². The molecule has 1 N–H and O–H groups in total. The van der Waals surface area contributed by atoms with E-state index in [1.54, 1.807) is 23.1 Å². The summed E-state index contributed by atoms with van der Waals surface area (Å²) in [7, 11) is 0. The minimum atomic E-state index is -3.27. The molecule has 7 nitrogen and oxygen atoms in total. The third-order valence-electron chi connectivity index (χ3n) is 7.44. The molecule has 11 heteroatoms. The molecule has 0 saturated carbocycles. The Morgan fingerprint density at radius 1 is 1.18 bits per heavy atom. The van der Waals surface area contributed by atoms with Crippen LogP contribution in [-0.4, -0.2) is 63.8 Å². The Kier molecular flexibility index (Phi) is 9.43. The lowest BCUT2D eigenvalue weighted by Crippen LogP contribution is -2.59. The van der Waals surface area contributed by atoms with E-state index in [-0.39, 0.29) is 66.0 Å². The molecule has 0 radical (unpaired) electrons. The first kappa shape index (κ1) is 30.9. The maximum absolute atomic E-state index is 15.4. The van der Waals surface area contributed by atoms with Gasteiger partial charge in [-0.1, -0.05) is 44.2 Å². The van der Waals surface area contributed by atoms with Crippen molar-refractivity contribution < 1.29 is 13.6 Å². The molecule has 212 valence electrons. The number of halogens is 4. The van der Waals surface area contributed by atoms with E-state index in [4.69, 9.17) is 0 Å². The van der Waals surface area contributed by atoms with Gasteiger partial charge in [-0.3, -0.25) is 19.4 Å². The summed E-state index contributed by atoms with van der Waals surface area (Å²) < 4.78 is 32.6. The molecule has 2 aliphatic heterocycles. The molecule has 1 aromatic carbocycles. The van der Waals surface area contributed by atoms with Crippen LogP contribution in [0.15, 0.2) is 55.0 Å². The zero-order valence-electron chi connectivity index (χ0n) is 22.6. The average Bonchev–Trinajstić information content (AvgIpc) is 3.40. The minimum Gasteiger partial charge on any atom is -0.311 e. The van der Waals surface area contributed by atoms with Gasteiger partial charge in [0.05, 0.1) is 25.0 Å². The van der Waals surface area contributed by atoms with Crippen LogP contribution in [0.5, 0.6) is 0 Å². The third kappa shape index (κ3) is 6.27. The third-order valence-corrected chi connectivity index (χ3v) is 7.44. The van der Waals surface area contributed by atoms with Crippen molar-refractivity contribution >= 4 is 36.4 Å². The van der Waals surface area contributed by atoms with Crippen molar-refractivity contribution in [1.82, 2.24) is 25.0 Å². The van der Waals surface area contributed by atoms with E-state index in [0.717, 1.165) is 17.7 Å². The zero-order valence-corrected chi connectivity index (χ0v) is 24.2. The molecule has 0 bridgehead atoms. The van der Waals surface area contributed by atoms with Crippen LogP contribution in [0.1, 0.15) is 43.2 Å². The van der Waals surface area contributed by atoms with Crippen molar-refractivity contribution in [2.45, 2.75) is 57.7 Å². The molecule has 1 saturated heterocycles. The smallest absolute Gasteiger partial charge is 0.311 e. The Morgan fingerprint density at radius 3 is 2.56 bits per heavy atom. The Morgan fingerprint density at radius 2 is 1.90 bits per heavy atom. The molecule has 1 amide bonds. The molecular weight excluding hydrogens is 545 g/mol. The topological polar surface area (TPSA) is 66.3 Å². The standard InChI is InChI=1S/C28H34F2N6O.2ClH/c1-19-11-33-35(14-19)16-22-12-31-20(2)15-34(22)17-26(37)36-18-27(3,4)23-13-32-25(10-24(23)36)28(29,30)21-8-6-5-7-9-21;;/h5-11,13-14,20,22,31H,12,15-18H2,1-4H3;2*1H/t20-,22-;;/m1../s1. The van der Waals surface area contributed by atoms with Gasteiger partial charge in [0.2, 0.25) is 5.91 Å². The monoisotopic (exact) mass is 580 g/mol. The summed E-state index contributed by atoms with van der Waals surface area (Å²) in [5.41, 5.74) is 1.57. The molecule has 2 aromatic heterocycles. The van der Waals surface area contributed by atoms with Crippen LogP contribution in [0.3, 0.4) is 0 Å². The summed E-state index contributed by atoms with van der Waals surface area (Å²) in [5.74, 6) is -3.36. The molecule has 39 heavy (non-hydrogen) atoms. The lowest BCUT2D eigenvalue weighted by atomic mass is 9.88. The zero-order chi connectivity index (χ0) is 26.4. The SMILES string of the molecule is Cc1cnn(C[C@H]2CN[C@H](C)CN2CC(=O)N2CC(C)(C)c3cnc(C(F)(F)c4ccccc4)cc32)c1.Cl.Cl. The Bertz CT molecular complexity index is 1290. The van der Waals surface area contributed by atoms with Gasteiger partial charge in [-0.25, -0.2) is 0 Å². The van der Waals surface area contributed by atoms with Crippen molar-refractivity contribution in [1.29, 1.82) is 0 Å². The fraction of sp³-hybridized carbons (Fsp3) is 0.464. The molecular formula is C28H36Cl2F2N6O. The first-order valence-electron chi connectivity index (χ1n) is 12.8. The summed E-state index contributed by atoms with van der Waals surface area (Å²) in [6, 6.07) is 9.41. The summed E-state index contributed by atoms with van der Waals surface area (Å²) in [4.78, 5) is 21.8. The van der Waals surface area contributed by atoms with E-state index < -0.39 is 5.92 Å². The van der Waals surface area contributed by atoms with E-state index in [0.29, 0.717) is 25.3 Å². The second kappa shape index (κ2) is 11.9. The fourth-order valence-corrected chi connectivity index (χ4v) is 5.39. The number of carbonyl (C=O) groups excluding carboxylic acids is 1. The number of pyridine rings is 1. The van der Waals surface area contributed by atoms with Crippen LogP contribution < -0.4 is 10.2 Å². The van der Waals surface area contributed by atoms with Crippen molar-refractivity contribution in [2.24, 2.45) is 0 Å². The van der Waals surface area contributed by atoms with Gasteiger partial charge in [-0.2, -0.15) is 13.9 Å². The number of nitrogens with one attached hydrogen (secondary N) is 1. The van der Waals surface area contributed by atoms with Crippen LogP contribution in [0.4, 0.5) is 14.5 Å². The van der Waals surface area contributed by atoms with Crippen LogP contribution in [0.2, 0.25) is 0 Å². The van der Waals surface area contributed by atoms with Crippen molar-refractivity contribution in [2.75, 3.05) is 31.1 Å². The first-order chi connectivity index (χ1) is 17.5. The van der Waals surface area contributed by atoms with Gasteiger partial charge in [0.25, 0.3) is 0 Å². The second-order valence-electron chi connectivity index (χ2n) is 11.0. The number of aryl methyl sites for hydroxylation is 1. The van der Waals surface area contributed by atoms with Gasteiger partial charge < -0.3 is 10.2 Å². The summed E-state index contributed by atoms with van der Waals surface area (Å²) in [6.07, 6.45) is 5.34. The number of carbonyl (C=O) groups is 1. The Balaban J connectivity index is 0.00000210. The number of hydrogen-bond donors (Lipinski definition) is 1. The maximum atomic E-state index is 15.4. The van der Waals surface area contributed by atoms with E-state index in [1.807, 2.05) is 37.8 Å². The normalized spacial score (nSPS) is 20.6. The van der Waals surface area contributed by atoms with Crippen LogP contribution in [0, 0.1) is 6.92 Å². The minimum absolute atomic E-state index is 0. The fourth-order valence-electron chi connectivity index (χ4n) is 5.39. The number of anilines is 1. The van der Waals surface area contributed by atoms with Gasteiger partial charge >= 0.3 is 5.92 Å². The molecule has 0 unspecified atom stereocenters. The van der Waals surface area contributed by atoms with Crippen molar-refractivity contribution in [3.05, 3.63) is 77.4 Å². The number of benzene rings is 1. The number of piperazine rings is 1. The molecule has 0 aliphatic carbocycles. The molecule has 4 heterocycles. The molecule has 1 fully saturated rings. The van der Waals surface area contributed by atoms with Gasteiger partial charge in [0.1, 0.15) is 5.69 Å². The van der Waals surface area contributed by atoms with Crippen LogP contribution in [0.25, 0.3) is 0 Å². The van der Waals surface area contributed by atoms with E-state index in [2.05, 4.69) is 27.2 Å². The number of aromatic nitrogens is 3. The summed E-state index contributed by atoms with van der Waals surface area (Å²) in [5, 5.41) is 7.92. The number of hydrogen-bond acceptors (Lipinski definition) is 5. The van der Waals surface area contributed by atoms with Gasteiger partial charge in [-0.05, 0) is 25.5 Å². The van der Waals surface area contributed by atoms with E-state index in [1.165, 1.54) is 24.4 Å². The maximum Gasteiger partial charge on any atom is 0.314 e. The average molecular weight is 582 g/mol. The van der Waals surface area contributed by atoms with Crippen molar-refractivity contribution in [3.63, 3.8) is 0 Å². The molecule has 2 aliphatic rings. The number of amides is 1. The number of alkyl halides is 2. The predicted molar refractivity (Wildman–Crippen MR) is 153 cm³/mol. The van der Waals surface area contributed by atoms with E-state index >= 15 is 8.78 Å². The summed E-state index contributed by atoms with van der Waals surface area (Å²) in [6.45, 7) is 10.9. The number of fused-ring (bicyclic) bond motifs is 1. The van der Waals surface area contributed by atoms with Gasteiger partial charge in [0, 0.05) is 60.7 Å². The Labute approximate surface area is 240 Å². The molecule has 2 atom stereocenters. The lowest BCUT2D eigenvalue weighted by molar-refractivity contribution is -0.120. The summed E-state index contributed by atoms with van der Waals surface area (Å²) >= 11 is 0. The highest BCUT2D eigenvalue weighted by Gasteiger charge is 2.43. The quantitative estimate of drug-likeness (QED) is 0.463. The lowest BCUT2D eigenvalue weighted by Gasteiger charge is -2.39. The van der Waals surface area contributed by atoms with E-state index in [9.17, 15) is 4.79 Å². The highest BCUT2D eigenvalue weighted by atomic mass is 35.5. The van der Waals surface area contributed by atoms with Crippen molar-refractivity contribution in [3.8, 4) is 0 Å². The highest BCUT2D eigenvalue weighted by molar-refractivity contribution is 5.97. The molecule has 3 aromatic rings. The van der Waals surface area contributed by atoms with Gasteiger partial charge in [-0.15, -0.1) is 24.8 Å². The number of rotatable bonds is 6. The second-order valence-corrected chi connectivity index (χ2v) is 11.0. The Hall–Kier alpha value is -2.59. The largest absolute Gasteiger partial charge is 0.314 e. The first-order valence-corrected chi connectivity index (χ1v) is 12.8.